The summed E-state index contributed by atoms with van der Waals surface area (Å²) in [5, 5.41) is 13.5. The molecular formula is C9H11NO2S2. The molecule has 0 unspecified atom stereocenters. The fraction of sp³-hybridized carbons (Fsp3) is 0.444. The summed E-state index contributed by atoms with van der Waals surface area (Å²) in [6.07, 6.45) is 0. The van der Waals surface area contributed by atoms with Crippen LogP contribution in [0.4, 0.5) is 0 Å². The molecule has 0 aliphatic carbocycles. The van der Waals surface area contributed by atoms with E-state index < -0.39 is 11.3 Å². The highest BCUT2D eigenvalue weighted by Crippen LogP contribution is 2.33. The van der Waals surface area contributed by atoms with Gasteiger partial charge >= 0.3 is 5.97 Å². The van der Waals surface area contributed by atoms with Crippen LogP contribution in [0, 0.1) is 6.92 Å². The van der Waals surface area contributed by atoms with Crippen LogP contribution in [0.2, 0.25) is 0 Å². The highest BCUT2D eigenvalue weighted by molar-refractivity contribution is 8.00. The average Bonchev–Trinajstić information content (AvgIpc) is 2.71. The zero-order chi connectivity index (χ0) is 10.1. The van der Waals surface area contributed by atoms with Gasteiger partial charge in [0.05, 0.1) is 6.04 Å². The molecule has 0 bridgehead atoms. The molecule has 14 heavy (non-hydrogen) atoms. The Morgan fingerprint density at radius 2 is 2.50 bits per heavy atom. The number of aliphatic carboxylic acids is 1. The number of thioether (sulfide) groups is 1. The zero-order valence-corrected chi connectivity index (χ0v) is 9.32. The van der Waals surface area contributed by atoms with Gasteiger partial charge < -0.3 is 5.11 Å². The molecule has 0 aromatic carbocycles. The van der Waals surface area contributed by atoms with Gasteiger partial charge in [0.1, 0.15) is 0 Å². The van der Waals surface area contributed by atoms with Crippen LogP contribution in [-0.2, 0) is 4.79 Å². The van der Waals surface area contributed by atoms with Crippen molar-refractivity contribution in [1.29, 1.82) is 0 Å². The van der Waals surface area contributed by atoms with Crippen molar-refractivity contribution in [3.63, 3.8) is 0 Å². The van der Waals surface area contributed by atoms with E-state index in [1.807, 2.05) is 5.38 Å². The highest BCUT2D eigenvalue weighted by Gasteiger charge is 2.31. The van der Waals surface area contributed by atoms with E-state index in [4.69, 9.17) is 5.11 Å². The standard InChI is InChI=1S/C9H11NO2S2/c1-5-2-3-13-7(5)6-4-14-8(10-6)9(11)12/h2-3,6,8,10H,4H2,1H3,(H,11,12)/t6-,8+/m1/s1. The van der Waals surface area contributed by atoms with Crippen molar-refractivity contribution in [3.05, 3.63) is 21.9 Å². The van der Waals surface area contributed by atoms with E-state index in [2.05, 4.69) is 18.3 Å². The third-order valence-corrected chi connectivity index (χ3v) is 4.55. The van der Waals surface area contributed by atoms with Crippen molar-refractivity contribution in [2.45, 2.75) is 18.3 Å². The molecular weight excluding hydrogens is 218 g/mol. The number of carboxylic acid groups (broad SMARTS) is 1. The van der Waals surface area contributed by atoms with Crippen LogP contribution in [0.3, 0.4) is 0 Å². The fourth-order valence-electron chi connectivity index (χ4n) is 1.51. The Balaban J connectivity index is 2.10. The summed E-state index contributed by atoms with van der Waals surface area (Å²) in [4.78, 5) is 12.0. The van der Waals surface area contributed by atoms with Crippen LogP contribution in [0.5, 0.6) is 0 Å². The molecule has 5 heteroatoms. The molecule has 2 N–H and O–H groups in total. The van der Waals surface area contributed by atoms with Gasteiger partial charge in [-0.2, -0.15) is 0 Å². The monoisotopic (exact) mass is 229 g/mol. The molecule has 3 nitrogen and oxygen atoms in total. The zero-order valence-electron chi connectivity index (χ0n) is 7.69. The summed E-state index contributed by atoms with van der Waals surface area (Å²) in [6.45, 7) is 2.06. The Morgan fingerprint density at radius 1 is 1.71 bits per heavy atom. The van der Waals surface area contributed by atoms with Gasteiger partial charge in [-0.15, -0.1) is 23.1 Å². The van der Waals surface area contributed by atoms with Crippen LogP contribution < -0.4 is 5.32 Å². The summed E-state index contributed by atoms with van der Waals surface area (Å²) < 4.78 is 0. The summed E-state index contributed by atoms with van der Waals surface area (Å²) in [5.74, 6) is 0.0740. The van der Waals surface area contributed by atoms with Gasteiger partial charge in [-0.1, -0.05) is 0 Å². The van der Waals surface area contributed by atoms with Gasteiger partial charge in [0.2, 0.25) is 0 Å². The molecule has 0 spiro atoms. The van der Waals surface area contributed by atoms with Crippen molar-refractivity contribution in [2.24, 2.45) is 0 Å². The van der Waals surface area contributed by atoms with E-state index in [1.165, 1.54) is 22.2 Å². The van der Waals surface area contributed by atoms with Crippen LogP contribution in [-0.4, -0.2) is 22.2 Å². The molecule has 2 rings (SSSR count). The Hall–Kier alpha value is -0.520. The first-order valence-corrected chi connectivity index (χ1v) is 6.26. The van der Waals surface area contributed by atoms with Gasteiger partial charge in [0.15, 0.2) is 5.37 Å². The quantitative estimate of drug-likeness (QED) is 0.812. The van der Waals surface area contributed by atoms with Gasteiger partial charge in [-0.3, -0.25) is 5.32 Å². The molecule has 0 radical (unpaired) electrons. The fourth-order valence-corrected chi connectivity index (χ4v) is 3.65. The Labute approximate surface area is 90.5 Å². The molecule has 1 aromatic heterocycles. The lowest BCUT2D eigenvalue weighted by molar-refractivity contribution is -0.136. The Bertz CT molecular complexity index is 350. The smallest absolute Gasteiger partial charge is 0.331 e. The minimum atomic E-state index is -0.772. The van der Waals surface area contributed by atoms with Crippen molar-refractivity contribution >= 4 is 29.1 Å². The molecule has 1 aromatic rings. The minimum absolute atomic E-state index is 0.209. The molecule has 1 aliphatic heterocycles. The normalized spacial score (nSPS) is 26.6. The van der Waals surface area contributed by atoms with Gasteiger partial charge in [-0.05, 0) is 23.9 Å². The van der Waals surface area contributed by atoms with Crippen molar-refractivity contribution < 1.29 is 9.90 Å². The molecule has 0 saturated carbocycles. The number of carbonyl (C=O) groups is 1. The minimum Gasteiger partial charge on any atom is -0.479 e. The molecule has 2 heterocycles. The third kappa shape index (κ3) is 1.80. The SMILES string of the molecule is Cc1ccsc1[C@H]1CS[C@@H](C(=O)O)N1. The molecule has 1 saturated heterocycles. The topological polar surface area (TPSA) is 49.3 Å². The number of thiophene rings is 1. The van der Waals surface area contributed by atoms with Gasteiger partial charge in [0, 0.05) is 10.6 Å². The van der Waals surface area contributed by atoms with E-state index in [0.29, 0.717) is 0 Å². The second kappa shape index (κ2) is 3.92. The lowest BCUT2D eigenvalue weighted by Crippen LogP contribution is -2.30. The number of carboxylic acids is 1. The maximum Gasteiger partial charge on any atom is 0.331 e. The highest BCUT2D eigenvalue weighted by atomic mass is 32.2. The maximum absolute atomic E-state index is 10.7. The van der Waals surface area contributed by atoms with E-state index in [-0.39, 0.29) is 6.04 Å². The van der Waals surface area contributed by atoms with Crippen molar-refractivity contribution in [1.82, 2.24) is 5.32 Å². The third-order valence-electron chi connectivity index (χ3n) is 2.22. The number of hydrogen-bond acceptors (Lipinski definition) is 4. The van der Waals surface area contributed by atoms with E-state index >= 15 is 0 Å². The number of rotatable bonds is 2. The lowest BCUT2D eigenvalue weighted by atomic mass is 10.2. The predicted octanol–water partition coefficient (Wildman–Crippen LogP) is 1.84. The summed E-state index contributed by atoms with van der Waals surface area (Å²) in [7, 11) is 0. The number of aryl methyl sites for hydroxylation is 1. The Morgan fingerprint density at radius 3 is 3.00 bits per heavy atom. The Kier molecular flexibility index (Phi) is 2.80. The van der Waals surface area contributed by atoms with E-state index in [1.54, 1.807) is 11.3 Å². The molecule has 1 aliphatic rings. The van der Waals surface area contributed by atoms with Crippen LogP contribution in [0.1, 0.15) is 16.5 Å². The second-order valence-electron chi connectivity index (χ2n) is 3.24. The first-order chi connectivity index (χ1) is 6.68. The molecule has 76 valence electrons. The first-order valence-electron chi connectivity index (χ1n) is 4.33. The molecule has 1 fully saturated rings. The van der Waals surface area contributed by atoms with E-state index in [0.717, 1.165) is 5.75 Å². The predicted molar refractivity (Wildman–Crippen MR) is 58.8 cm³/mol. The maximum atomic E-state index is 10.7. The van der Waals surface area contributed by atoms with Crippen molar-refractivity contribution in [3.8, 4) is 0 Å². The van der Waals surface area contributed by atoms with Gasteiger partial charge in [-0.25, -0.2) is 4.79 Å². The number of nitrogens with one attached hydrogen (secondary N) is 1. The van der Waals surface area contributed by atoms with Gasteiger partial charge in [0.25, 0.3) is 0 Å². The lowest BCUT2D eigenvalue weighted by Gasteiger charge is -2.09. The molecule has 2 atom stereocenters. The molecule has 0 amide bonds. The van der Waals surface area contributed by atoms with Crippen molar-refractivity contribution in [2.75, 3.05) is 5.75 Å². The average molecular weight is 229 g/mol. The van der Waals surface area contributed by atoms with Crippen LogP contribution >= 0.6 is 23.1 Å². The first kappa shape index (κ1) is 10.0. The van der Waals surface area contributed by atoms with Crippen LogP contribution in [0.25, 0.3) is 0 Å². The largest absolute Gasteiger partial charge is 0.479 e. The summed E-state index contributed by atoms with van der Waals surface area (Å²) in [6, 6.07) is 2.28. The number of hydrogen-bond donors (Lipinski definition) is 2. The second-order valence-corrected chi connectivity index (χ2v) is 5.32. The van der Waals surface area contributed by atoms with Crippen LogP contribution in [0.15, 0.2) is 11.4 Å². The van der Waals surface area contributed by atoms with E-state index in [9.17, 15) is 4.79 Å². The summed E-state index contributed by atoms with van der Waals surface area (Å²) >= 11 is 3.15. The summed E-state index contributed by atoms with van der Waals surface area (Å²) in [5.41, 5.74) is 1.25.